The molecule has 0 saturated carbocycles. The van der Waals surface area contributed by atoms with Crippen LogP contribution in [-0.2, 0) is 9.53 Å². The number of aromatic nitrogens is 2. The Hall–Kier alpha value is -3.46. The van der Waals surface area contributed by atoms with Crippen molar-refractivity contribution >= 4 is 57.5 Å². The second-order valence-corrected chi connectivity index (χ2v) is 8.16. The van der Waals surface area contributed by atoms with Crippen LogP contribution in [0.3, 0.4) is 0 Å². The van der Waals surface area contributed by atoms with Crippen LogP contribution in [0.15, 0.2) is 30.3 Å². The lowest BCUT2D eigenvalue weighted by Gasteiger charge is -2.20. The lowest BCUT2D eigenvalue weighted by atomic mass is 10.1. The molecule has 3 rings (SSSR count). The molecule has 8 nitrogen and oxygen atoms in total. The van der Waals surface area contributed by atoms with Crippen molar-refractivity contribution in [1.29, 1.82) is 0 Å². The third-order valence-electron chi connectivity index (χ3n) is 3.99. The van der Waals surface area contributed by atoms with E-state index in [4.69, 9.17) is 22.1 Å². The highest BCUT2D eigenvalue weighted by atomic mass is 35.5. The van der Waals surface area contributed by atoms with E-state index in [-0.39, 0.29) is 33.9 Å². The SMILES string of the molecule is CC(=O)Nc1nc(Nc2ccc(F)c(Cl)c2)c2c(N)c(C(=O)OC(C)(C)C)ccc2n1. The molecule has 0 unspecified atom stereocenters. The summed E-state index contributed by atoms with van der Waals surface area (Å²) in [6.45, 7) is 6.56. The fraction of sp³-hybridized carbons (Fsp3) is 0.238. The van der Waals surface area contributed by atoms with Crippen LogP contribution in [0.1, 0.15) is 38.1 Å². The first-order chi connectivity index (χ1) is 14.4. The van der Waals surface area contributed by atoms with Crippen LogP contribution in [0, 0.1) is 5.82 Å². The Labute approximate surface area is 183 Å². The first kappa shape index (κ1) is 22.2. The van der Waals surface area contributed by atoms with Gasteiger partial charge in [-0.2, -0.15) is 4.98 Å². The number of anilines is 4. The predicted molar refractivity (Wildman–Crippen MR) is 118 cm³/mol. The molecule has 0 aliphatic heterocycles. The number of halogens is 2. The summed E-state index contributed by atoms with van der Waals surface area (Å²) in [7, 11) is 0. The van der Waals surface area contributed by atoms with Crippen molar-refractivity contribution in [3.05, 3.63) is 46.7 Å². The van der Waals surface area contributed by atoms with Crippen LogP contribution < -0.4 is 16.4 Å². The highest BCUT2D eigenvalue weighted by Crippen LogP contribution is 2.33. The quantitative estimate of drug-likeness (QED) is 0.394. The lowest BCUT2D eigenvalue weighted by Crippen LogP contribution is -2.24. The van der Waals surface area contributed by atoms with Crippen LogP contribution in [0.4, 0.5) is 27.5 Å². The average Bonchev–Trinajstić information content (AvgIpc) is 2.62. The maximum absolute atomic E-state index is 13.5. The zero-order valence-electron chi connectivity index (χ0n) is 17.3. The fourth-order valence-electron chi connectivity index (χ4n) is 2.78. The summed E-state index contributed by atoms with van der Waals surface area (Å²) in [5.74, 6) is -1.33. The monoisotopic (exact) mass is 445 g/mol. The van der Waals surface area contributed by atoms with Gasteiger partial charge in [0.25, 0.3) is 0 Å². The number of hydrogen-bond acceptors (Lipinski definition) is 7. The van der Waals surface area contributed by atoms with Crippen LogP contribution in [0.25, 0.3) is 10.9 Å². The third kappa shape index (κ3) is 5.18. The number of nitrogen functional groups attached to an aromatic ring is 1. The van der Waals surface area contributed by atoms with Crippen molar-refractivity contribution in [2.24, 2.45) is 0 Å². The topological polar surface area (TPSA) is 119 Å². The van der Waals surface area contributed by atoms with Gasteiger partial charge in [0.15, 0.2) is 0 Å². The molecule has 1 amide bonds. The largest absolute Gasteiger partial charge is 0.456 e. The number of rotatable bonds is 4. The van der Waals surface area contributed by atoms with E-state index < -0.39 is 17.4 Å². The highest BCUT2D eigenvalue weighted by molar-refractivity contribution is 6.31. The van der Waals surface area contributed by atoms with E-state index in [1.807, 2.05) is 0 Å². The number of nitrogens with two attached hydrogens (primary N) is 1. The molecule has 0 bridgehead atoms. The molecule has 31 heavy (non-hydrogen) atoms. The number of esters is 1. The van der Waals surface area contributed by atoms with Gasteiger partial charge in [-0.15, -0.1) is 0 Å². The van der Waals surface area contributed by atoms with Gasteiger partial charge in [0.1, 0.15) is 17.2 Å². The number of ether oxygens (including phenoxy) is 1. The Morgan fingerprint density at radius 2 is 1.87 bits per heavy atom. The smallest absolute Gasteiger partial charge is 0.340 e. The Morgan fingerprint density at radius 3 is 2.48 bits per heavy atom. The highest BCUT2D eigenvalue weighted by Gasteiger charge is 2.23. The van der Waals surface area contributed by atoms with Crippen LogP contribution >= 0.6 is 11.6 Å². The molecule has 3 aromatic rings. The molecule has 0 saturated heterocycles. The molecular weight excluding hydrogens is 425 g/mol. The van der Waals surface area contributed by atoms with Gasteiger partial charge >= 0.3 is 5.97 Å². The van der Waals surface area contributed by atoms with Gasteiger partial charge in [-0.25, -0.2) is 14.2 Å². The molecule has 2 aromatic carbocycles. The number of carbonyl (C=O) groups is 2. The van der Waals surface area contributed by atoms with Gasteiger partial charge in [0.05, 0.1) is 27.2 Å². The van der Waals surface area contributed by atoms with Crippen LogP contribution in [-0.4, -0.2) is 27.4 Å². The average molecular weight is 446 g/mol. The number of carbonyl (C=O) groups excluding carboxylic acids is 2. The number of benzene rings is 2. The summed E-state index contributed by atoms with van der Waals surface area (Å²) in [5, 5.41) is 5.75. The normalized spacial score (nSPS) is 11.3. The minimum atomic E-state index is -0.712. The van der Waals surface area contributed by atoms with E-state index in [9.17, 15) is 14.0 Å². The van der Waals surface area contributed by atoms with E-state index in [1.165, 1.54) is 31.2 Å². The third-order valence-corrected chi connectivity index (χ3v) is 4.28. The zero-order chi connectivity index (χ0) is 22.9. The summed E-state index contributed by atoms with van der Waals surface area (Å²) >= 11 is 5.87. The fourth-order valence-corrected chi connectivity index (χ4v) is 2.96. The molecule has 1 aromatic heterocycles. The van der Waals surface area contributed by atoms with Crippen molar-refractivity contribution in [2.45, 2.75) is 33.3 Å². The molecule has 0 fully saturated rings. The Balaban J connectivity index is 2.17. The van der Waals surface area contributed by atoms with Gasteiger partial charge in [-0.05, 0) is 51.1 Å². The van der Waals surface area contributed by atoms with Crippen molar-refractivity contribution in [2.75, 3.05) is 16.4 Å². The lowest BCUT2D eigenvalue weighted by molar-refractivity contribution is -0.114. The molecule has 10 heteroatoms. The number of amides is 1. The molecule has 0 spiro atoms. The van der Waals surface area contributed by atoms with Gasteiger partial charge in [-0.3, -0.25) is 10.1 Å². The number of hydrogen-bond donors (Lipinski definition) is 3. The number of nitrogens with zero attached hydrogens (tertiary/aromatic N) is 2. The predicted octanol–water partition coefficient (Wildman–Crippen LogP) is 4.66. The first-order valence-corrected chi connectivity index (χ1v) is 9.65. The van der Waals surface area contributed by atoms with Gasteiger partial charge < -0.3 is 15.8 Å². The molecule has 0 aliphatic carbocycles. The number of nitrogens with one attached hydrogen (secondary N) is 2. The van der Waals surface area contributed by atoms with E-state index in [0.717, 1.165) is 0 Å². The van der Waals surface area contributed by atoms with Crippen molar-refractivity contribution in [1.82, 2.24) is 9.97 Å². The summed E-state index contributed by atoms with van der Waals surface area (Å²) in [6, 6.07) is 7.09. The van der Waals surface area contributed by atoms with Gasteiger partial charge in [-0.1, -0.05) is 11.6 Å². The molecular formula is C21H21ClFN5O3. The summed E-state index contributed by atoms with van der Waals surface area (Å²) < 4.78 is 19.0. The molecule has 0 aliphatic rings. The second-order valence-electron chi connectivity index (χ2n) is 7.75. The molecule has 0 atom stereocenters. The van der Waals surface area contributed by atoms with Gasteiger partial charge in [0.2, 0.25) is 11.9 Å². The van der Waals surface area contributed by atoms with Gasteiger partial charge in [0, 0.05) is 12.6 Å². The molecule has 1 heterocycles. The van der Waals surface area contributed by atoms with Crippen molar-refractivity contribution in [3.8, 4) is 0 Å². The zero-order valence-corrected chi connectivity index (χ0v) is 18.1. The summed E-state index contributed by atoms with van der Waals surface area (Å²) in [4.78, 5) is 32.7. The van der Waals surface area contributed by atoms with Crippen LogP contribution in [0.2, 0.25) is 5.02 Å². The van der Waals surface area contributed by atoms with Crippen molar-refractivity contribution in [3.63, 3.8) is 0 Å². The molecule has 162 valence electrons. The van der Waals surface area contributed by atoms with Crippen molar-refractivity contribution < 1.29 is 18.7 Å². The second kappa shape index (κ2) is 8.35. The first-order valence-electron chi connectivity index (χ1n) is 9.28. The maximum atomic E-state index is 13.5. The van der Waals surface area contributed by atoms with Crippen LogP contribution in [0.5, 0.6) is 0 Å². The Bertz CT molecular complexity index is 1190. The summed E-state index contributed by atoms with van der Waals surface area (Å²) in [5.41, 5.74) is 6.62. The summed E-state index contributed by atoms with van der Waals surface area (Å²) in [6.07, 6.45) is 0. The number of fused-ring (bicyclic) bond motifs is 1. The van der Waals surface area contributed by atoms with E-state index in [0.29, 0.717) is 16.6 Å². The van der Waals surface area contributed by atoms with E-state index in [2.05, 4.69) is 20.6 Å². The molecule has 0 radical (unpaired) electrons. The minimum absolute atomic E-state index is 0.0279. The minimum Gasteiger partial charge on any atom is -0.456 e. The molecule has 4 N–H and O–H groups in total. The standard InChI is InChI=1S/C21H21ClFN5O3/c1-10(29)25-20-27-15-8-6-12(19(30)31-21(2,3)4)17(24)16(15)18(28-20)26-11-5-7-14(23)13(22)9-11/h5-9H,24H2,1-4H3,(H2,25,26,27,28,29). The Morgan fingerprint density at radius 1 is 1.16 bits per heavy atom. The maximum Gasteiger partial charge on any atom is 0.340 e. The van der Waals surface area contributed by atoms with E-state index in [1.54, 1.807) is 26.8 Å². The van der Waals surface area contributed by atoms with E-state index >= 15 is 0 Å². The Kier molecular flexibility index (Phi) is 5.99.